The third-order valence-corrected chi connectivity index (χ3v) is 0.687. The van der Waals surface area contributed by atoms with Gasteiger partial charge in [-0.15, -0.1) is 6.58 Å². The highest BCUT2D eigenvalue weighted by Gasteiger charge is 1.72. The molecule has 0 aliphatic rings. The maximum atomic E-state index is 4.92. The first-order valence-electron chi connectivity index (χ1n) is 2.29. The van der Waals surface area contributed by atoms with Crippen molar-refractivity contribution in [1.29, 1.82) is 0 Å². The molecule has 1 nitrogen and oxygen atoms in total. The predicted octanol–water partition coefficient (Wildman–Crippen LogP) is 1.34. The highest BCUT2D eigenvalue weighted by atomic mass is 32.1. The van der Waals surface area contributed by atoms with Gasteiger partial charge in [0, 0.05) is 0 Å². The van der Waals surface area contributed by atoms with E-state index in [1.807, 2.05) is 0 Å². The monoisotopic (exact) mass is 128 g/mol. The third-order valence-electron chi connectivity index (χ3n) is 0.520. The second-order valence-electron chi connectivity index (χ2n) is 1.15. The summed E-state index contributed by atoms with van der Waals surface area (Å²) in [6.07, 6.45) is 3.34. The highest BCUT2D eigenvalue weighted by Crippen LogP contribution is 1.72. The van der Waals surface area contributed by atoms with E-state index in [4.69, 9.17) is 4.74 Å². The van der Waals surface area contributed by atoms with Gasteiger partial charge in [-0.3, -0.25) is 0 Å². The Balaban J connectivity index is 2.93. The molecule has 0 saturated heterocycles. The normalized spacial score (nSPS) is 7.50. The first kappa shape index (κ1) is 7.57. The molecular weight excluding hydrogens is 120 g/mol. The van der Waals surface area contributed by atoms with Crippen molar-refractivity contribution in [3.8, 4) is 0 Å². The van der Waals surface area contributed by atoms with E-state index in [0.29, 0.717) is 13.2 Å². The molecule has 0 aromatic carbocycles. The van der Waals surface area contributed by atoms with Gasteiger partial charge in [0.25, 0.3) is 0 Å². The molecule has 0 aromatic rings. The fourth-order valence-electron chi connectivity index (χ4n) is 0.244. The van der Waals surface area contributed by atoms with E-state index < -0.39 is 0 Å². The average Bonchev–Trinajstić information content (AvgIpc) is 1.81. The van der Waals surface area contributed by atoms with Gasteiger partial charge in [0.1, 0.15) is 0 Å². The van der Waals surface area contributed by atoms with Crippen molar-refractivity contribution in [2.24, 2.45) is 0 Å². The van der Waals surface area contributed by atoms with Crippen LogP contribution in [-0.2, 0) is 4.74 Å². The molecular formula is C6H8OS. The average molecular weight is 128 g/mol. The summed E-state index contributed by atoms with van der Waals surface area (Å²) in [6.45, 7) is 4.59. The van der Waals surface area contributed by atoms with Crippen LogP contribution >= 0.6 is 12.2 Å². The Labute approximate surface area is 54.7 Å². The van der Waals surface area contributed by atoms with E-state index in [0.717, 1.165) is 0 Å². The van der Waals surface area contributed by atoms with Crippen molar-refractivity contribution in [2.75, 3.05) is 13.2 Å². The zero-order chi connectivity index (χ0) is 6.24. The van der Waals surface area contributed by atoms with E-state index in [9.17, 15) is 0 Å². The summed E-state index contributed by atoms with van der Waals surface area (Å²) in [6, 6.07) is 0. The predicted molar refractivity (Wildman–Crippen MR) is 38.2 cm³/mol. The van der Waals surface area contributed by atoms with Crippen molar-refractivity contribution < 1.29 is 4.74 Å². The Bertz CT molecular complexity index is 103. The zero-order valence-corrected chi connectivity index (χ0v) is 5.41. The van der Waals surface area contributed by atoms with Crippen LogP contribution in [0.1, 0.15) is 0 Å². The van der Waals surface area contributed by atoms with Crippen LogP contribution in [0, 0.1) is 0 Å². The zero-order valence-electron chi connectivity index (χ0n) is 4.59. The minimum absolute atomic E-state index is 0.537. The van der Waals surface area contributed by atoms with Crippen LogP contribution in [0.4, 0.5) is 0 Å². The van der Waals surface area contributed by atoms with Crippen LogP contribution in [0.25, 0.3) is 0 Å². The molecule has 0 fully saturated rings. The fourth-order valence-corrected chi connectivity index (χ4v) is 0.312. The molecule has 0 amide bonds. The minimum Gasteiger partial charge on any atom is -0.373 e. The number of hydrogen-bond donors (Lipinski definition) is 0. The van der Waals surface area contributed by atoms with Gasteiger partial charge >= 0.3 is 0 Å². The summed E-state index contributed by atoms with van der Waals surface area (Å²) in [5, 5.41) is 2.43. The van der Waals surface area contributed by atoms with E-state index in [-0.39, 0.29) is 0 Å². The number of ether oxygens (including phenoxy) is 1. The Morgan fingerprint density at radius 1 is 1.62 bits per heavy atom. The minimum atomic E-state index is 0.537. The summed E-state index contributed by atoms with van der Waals surface area (Å²) in [4.78, 5) is 0. The molecule has 44 valence electrons. The summed E-state index contributed by atoms with van der Waals surface area (Å²) >= 11 is 4.39. The molecule has 0 radical (unpaired) electrons. The van der Waals surface area contributed by atoms with Gasteiger partial charge in [-0.2, -0.15) is 0 Å². The van der Waals surface area contributed by atoms with Crippen LogP contribution in [0.2, 0.25) is 0 Å². The van der Waals surface area contributed by atoms with Crippen molar-refractivity contribution >= 4 is 17.2 Å². The molecule has 0 heterocycles. The van der Waals surface area contributed by atoms with Crippen LogP contribution in [0.5, 0.6) is 0 Å². The molecule has 0 unspecified atom stereocenters. The van der Waals surface area contributed by atoms with Crippen molar-refractivity contribution in [1.82, 2.24) is 0 Å². The third kappa shape index (κ3) is 5.57. The van der Waals surface area contributed by atoms with Crippen molar-refractivity contribution in [2.45, 2.75) is 0 Å². The van der Waals surface area contributed by atoms with Gasteiger partial charge in [0.05, 0.1) is 13.2 Å². The Kier molecular flexibility index (Phi) is 6.22. The molecule has 0 spiro atoms. The second kappa shape index (κ2) is 6.57. The van der Waals surface area contributed by atoms with Gasteiger partial charge in [-0.05, 0) is 23.3 Å². The largest absolute Gasteiger partial charge is 0.373 e. The standard InChI is InChI=1S/C6H8OS/c1-2-4-7-5-3-6-8/h2-3H,1,4-5H2. The highest BCUT2D eigenvalue weighted by molar-refractivity contribution is 7.78. The number of hydrogen-bond acceptors (Lipinski definition) is 2. The lowest BCUT2D eigenvalue weighted by Crippen LogP contribution is -1.88. The molecule has 0 aromatic heterocycles. The summed E-state index contributed by atoms with van der Waals surface area (Å²) in [5.41, 5.74) is 0. The quantitative estimate of drug-likeness (QED) is 0.321. The molecule has 0 saturated carbocycles. The van der Waals surface area contributed by atoms with Crippen molar-refractivity contribution in [3.63, 3.8) is 0 Å². The lowest BCUT2D eigenvalue weighted by atomic mass is 10.6. The first-order chi connectivity index (χ1) is 3.91. The van der Waals surface area contributed by atoms with Gasteiger partial charge in [0.2, 0.25) is 0 Å². The lowest BCUT2D eigenvalue weighted by Gasteiger charge is -1.89. The summed E-state index contributed by atoms with van der Waals surface area (Å²) in [5.74, 6) is 0. The van der Waals surface area contributed by atoms with Crippen LogP contribution < -0.4 is 0 Å². The van der Waals surface area contributed by atoms with Gasteiger partial charge < -0.3 is 4.74 Å². The number of thiocarbonyl (C=S) groups is 1. The van der Waals surface area contributed by atoms with E-state index >= 15 is 0 Å². The van der Waals surface area contributed by atoms with Gasteiger partial charge in [-0.1, -0.05) is 6.08 Å². The van der Waals surface area contributed by atoms with Gasteiger partial charge in [-0.25, -0.2) is 0 Å². The molecule has 2 heteroatoms. The number of rotatable bonds is 4. The molecule has 0 aliphatic heterocycles. The summed E-state index contributed by atoms with van der Waals surface area (Å²) < 4.78 is 4.92. The molecule has 0 aliphatic carbocycles. The van der Waals surface area contributed by atoms with E-state index in [1.165, 1.54) is 0 Å². The molecule has 0 rings (SSSR count). The Morgan fingerprint density at radius 2 is 2.38 bits per heavy atom. The first-order valence-corrected chi connectivity index (χ1v) is 2.70. The van der Waals surface area contributed by atoms with Gasteiger partial charge in [0.15, 0.2) is 0 Å². The van der Waals surface area contributed by atoms with Crippen LogP contribution in [0.3, 0.4) is 0 Å². The molecule has 8 heavy (non-hydrogen) atoms. The Morgan fingerprint density at radius 3 is 2.88 bits per heavy atom. The SMILES string of the molecule is C=CCOCC=C=S. The fraction of sp³-hybridized carbons (Fsp3) is 0.333. The summed E-state index contributed by atoms with van der Waals surface area (Å²) in [7, 11) is 0. The smallest absolute Gasteiger partial charge is 0.0733 e. The van der Waals surface area contributed by atoms with Crippen LogP contribution in [0.15, 0.2) is 18.7 Å². The Hall–Kier alpha value is -0.430. The molecule has 0 bridgehead atoms. The maximum absolute atomic E-state index is 4.92. The maximum Gasteiger partial charge on any atom is 0.0733 e. The van der Waals surface area contributed by atoms with E-state index in [2.05, 4.69) is 23.8 Å². The molecule has 0 N–H and O–H groups in total. The van der Waals surface area contributed by atoms with Crippen LogP contribution in [-0.4, -0.2) is 18.2 Å². The van der Waals surface area contributed by atoms with E-state index in [1.54, 1.807) is 12.2 Å². The molecule has 0 atom stereocenters. The second-order valence-corrected chi connectivity index (χ2v) is 1.38. The topological polar surface area (TPSA) is 9.23 Å². The lowest BCUT2D eigenvalue weighted by molar-refractivity contribution is 0.195. The van der Waals surface area contributed by atoms with Crippen molar-refractivity contribution in [3.05, 3.63) is 18.7 Å².